The molecule has 1 heteroatoms. The van der Waals surface area contributed by atoms with Crippen molar-refractivity contribution in [2.45, 2.75) is 47.0 Å². The fourth-order valence-corrected chi connectivity index (χ4v) is 2.78. The van der Waals surface area contributed by atoms with Crippen LogP contribution < -0.4 is 0 Å². The van der Waals surface area contributed by atoms with E-state index in [1.54, 1.807) is 0 Å². The molecule has 0 radical (unpaired) electrons. The highest BCUT2D eigenvalue weighted by Crippen LogP contribution is 2.15. The molecule has 0 aliphatic heterocycles. The summed E-state index contributed by atoms with van der Waals surface area (Å²) in [6, 6.07) is 24.4. The average molecular weight is 359 g/mol. The summed E-state index contributed by atoms with van der Waals surface area (Å²) in [5.41, 5.74) is 6.49. The molecule has 3 aromatic rings. The topological polar surface area (TPSA) is 17.1 Å². The maximum atomic E-state index is 12.6. The molecule has 0 N–H and O–H groups in total. The minimum atomic E-state index is 0.0900. The predicted octanol–water partition coefficient (Wildman–Crippen LogP) is 6.74. The highest BCUT2D eigenvalue weighted by Gasteiger charge is 2.09. The van der Waals surface area contributed by atoms with E-state index in [0.717, 1.165) is 24.0 Å². The number of aryl methyl sites for hydroxylation is 4. The van der Waals surface area contributed by atoms with Crippen LogP contribution in [0.25, 0.3) is 0 Å². The van der Waals surface area contributed by atoms with Gasteiger partial charge in [0.15, 0.2) is 5.78 Å². The predicted molar refractivity (Wildman–Crippen MR) is 116 cm³/mol. The van der Waals surface area contributed by atoms with E-state index in [1.165, 1.54) is 28.7 Å². The maximum Gasteiger partial charge on any atom is 0.193 e. The normalized spacial score (nSPS) is 10.1. The molecule has 0 saturated carbocycles. The molecule has 0 aliphatic carbocycles. The fourth-order valence-electron chi connectivity index (χ4n) is 2.78. The Morgan fingerprint density at radius 1 is 0.667 bits per heavy atom. The van der Waals surface area contributed by atoms with Crippen LogP contribution in [0.1, 0.15) is 58.4 Å². The van der Waals surface area contributed by atoms with Gasteiger partial charge in [0.25, 0.3) is 0 Å². The minimum Gasteiger partial charge on any atom is -0.289 e. The SMILES string of the molecule is CCC.Cc1ccc(CCc2cccc(C(=O)c3ccc(C)cc3)c2)cc1. The summed E-state index contributed by atoms with van der Waals surface area (Å²) in [7, 11) is 0. The van der Waals surface area contributed by atoms with Crippen molar-refractivity contribution in [3.8, 4) is 0 Å². The number of carbonyl (C=O) groups is 1. The van der Waals surface area contributed by atoms with Crippen molar-refractivity contribution in [1.29, 1.82) is 0 Å². The second kappa shape index (κ2) is 10.5. The molecule has 0 spiro atoms. The zero-order chi connectivity index (χ0) is 19.6. The molecule has 27 heavy (non-hydrogen) atoms. The second-order valence-corrected chi connectivity index (χ2v) is 7.09. The molecule has 0 unspecified atom stereocenters. The Kier molecular flexibility index (Phi) is 8.00. The van der Waals surface area contributed by atoms with Gasteiger partial charge < -0.3 is 0 Å². The highest BCUT2D eigenvalue weighted by molar-refractivity contribution is 6.09. The maximum absolute atomic E-state index is 12.6. The third kappa shape index (κ3) is 6.53. The summed E-state index contributed by atoms with van der Waals surface area (Å²) in [4.78, 5) is 12.6. The highest BCUT2D eigenvalue weighted by atomic mass is 16.1. The molecule has 140 valence electrons. The molecule has 3 aromatic carbocycles. The molecule has 0 aromatic heterocycles. The van der Waals surface area contributed by atoms with Crippen LogP contribution in [-0.4, -0.2) is 5.78 Å². The van der Waals surface area contributed by atoms with Crippen LogP contribution >= 0.6 is 0 Å². The van der Waals surface area contributed by atoms with Crippen molar-refractivity contribution in [3.05, 3.63) is 106 Å². The Morgan fingerprint density at radius 2 is 1.19 bits per heavy atom. The summed E-state index contributed by atoms with van der Waals surface area (Å²) < 4.78 is 0. The van der Waals surface area contributed by atoms with Crippen LogP contribution in [0.5, 0.6) is 0 Å². The van der Waals surface area contributed by atoms with Gasteiger partial charge in [-0.1, -0.05) is 98.1 Å². The Labute approximate surface area is 164 Å². The summed E-state index contributed by atoms with van der Waals surface area (Å²) in [6.45, 7) is 8.38. The summed E-state index contributed by atoms with van der Waals surface area (Å²) in [5.74, 6) is 0.0900. The van der Waals surface area contributed by atoms with E-state index in [1.807, 2.05) is 49.4 Å². The van der Waals surface area contributed by atoms with E-state index < -0.39 is 0 Å². The Morgan fingerprint density at radius 3 is 1.78 bits per heavy atom. The van der Waals surface area contributed by atoms with Gasteiger partial charge in [-0.2, -0.15) is 0 Å². The molecule has 0 fully saturated rings. The lowest BCUT2D eigenvalue weighted by Crippen LogP contribution is -2.02. The van der Waals surface area contributed by atoms with Crippen LogP contribution in [0.15, 0.2) is 72.8 Å². The first-order valence-corrected chi connectivity index (χ1v) is 9.79. The number of benzene rings is 3. The molecule has 0 heterocycles. The molecule has 0 bridgehead atoms. The third-order valence-corrected chi connectivity index (χ3v) is 4.33. The van der Waals surface area contributed by atoms with Gasteiger partial charge in [-0.15, -0.1) is 0 Å². The van der Waals surface area contributed by atoms with Crippen LogP contribution in [0.4, 0.5) is 0 Å². The first kappa shape index (κ1) is 20.6. The fraction of sp³-hybridized carbons (Fsp3) is 0.269. The van der Waals surface area contributed by atoms with Crippen molar-refractivity contribution < 1.29 is 4.79 Å². The van der Waals surface area contributed by atoms with Gasteiger partial charge in [0.05, 0.1) is 0 Å². The van der Waals surface area contributed by atoms with Gasteiger partial charge in [0, 0.05) is 11.1 Å². The van der Waals surface area contributed by atoms with Crippen molar-refractivity contribution in [1.82, 2.24) is 0 Å². The van der Waals surface area contributed by atoms with E-state index in [4.69, 9.17) is 0 Å². The van der Waals surface area contributed by atoms with Crippen LogP contribution in [0, 0.1) is 13.8 Å². The standard InChI is InChI=1S/C23H22O.C3H8/c1-17-6-10-19(11-7-17)12-13-20-4-3-5-22(16-20)23(24)21-14-8-18(2)9-15-21;1-3-2/h3-11,14-16H,12-13H2,1-2H3;3H2,1-2H3. The van der Waals surface area contributed by atoms with E-state index in [9.17, 15) is 4.79 Å². The largest absolute Gasteiger partial charge is 0.289 e. The van der Waals surface area contributed by atoms with Gasteiger partial charge in [-0.3, -0.25) is 4.79 Å². The van der Waals surface area contributed by atoms with Crippen molar-refractivity contribution >= 4 is 5.78 Å². The first-order valence-electron chi connectivity index (χ1n) is 9.79. The number of ketones is 1. The van der Waals surface area contributed by atoms with Crippen LogP contribution in [0.2, 0.25) is 0 Å². The Hall–Kier alpha value is -2.67. The molecule has 3 rings (SSSR count). The zero-order valence-corrected chi connectivity index (χ0v) is 17.0. The van der Waals surface area contributed by atoms with E-state index in [2.05, 4.69) is 51.1 Å². The smallest absolute Gasteiger partial charge is 0.193 e. The Bertz CT molecular complexity index is 842. The van der Waals surface area contributed by atoms with E-state index in [0.29, 0.717) is 0 Å². The van der Waals surface area contributed by atoms with Crippen LogP contribution in [-0.2, 0) is 12.8 Å². The summed E-state index contributed by atoms with van der Waals surface area (Å²) in [6.07, 6.45) is 3.18. The molecule has 0 atom stereocenters. The van der Waals surface area contributed by atoms with E-state index in [-0.39, 0.29) is 5.78 Å². The lowest BCUT2D eigenvalue weighted by molar-refractivity contribution is 0.103. The van der Waals surface area contributed by atoms with Crippen molar-refractivity contribution in [2.75, 3.05) is 0 Å². The van der Waals surface area contributed by atoms with Gasteiger partial charge in [0.2, 0.25) is 0 Å². The lowest BCUT2D eigenvalue weighted by Gasteiger charge is -2.06. The lowest BCUT2D eigenvalue weighted by atomic mass is 9.98. The first-order chi connectivity index (χ1) is 13.0. The van der Waals surface area contributed by atoms with Gasteiger partial charge >= 0.3 is 0 Å². The zero-order valence-electron chi connectivity index (χ0n) is 17.0. The van der Waals surface area contributed by atoms with Crippen LogP contribution in [0.3, 0.4) is 0 Å². The summed E-state index contributed by atoms with van der Waals surface area (Å²) in [5, 5.41) is 0. The molecular formula is C26H30O. The van der Waals surface area contributed by atoms with Crippen molar-refractivity contribution in [2.24, 2.45) is 0 Å². The molecule has 0 saturated heterocycles. The third-order valence-electron chi connectivity index (χ3n) is 4.33. The van der Waals surface area contributed by atoms with Crippen molar-refractivity contribution in [3.63, 3.8) is 0 Å². The van der Waals surface area contributed by atoms with E-state index >= 15 is 0 Å². The second-order valence-electron chi connectivity index (χ2n) is 7.09. The summed E-state index contributed by atoms with van der Waals surface area (Å²) >= 11 is 0. The quantitative estimate of drug-likeness (QED) is 0.462. The van der Waals surface area contributed by atoms with Gasteiger partial charge in [0.1, 0.15) is 0 Å². The molecule has 0 amide bonds. The number of hydrogen-bond donors (Lipinski definition) is 0. The molecular weight excluding hydrogens is 328 g/mol. The average Bonchev–Trinajstić information content (AvgIpc) is 2.68. The van der Waals surface area contributed by atoms with Gasteiger partial charge in [-0.25, -0.2) is 0 Å². The monoisotopic (exact) mass is 358 g/mol. The number of carbonyl (C=O) groups excluding carboxylic acids is 1. The molecule has 0 aliphatic rings. The number of rotatable bonds is 5. The molecule has 1 nitrogen and oxygen atoms in total. The Balaban J connectivity index is 0.000000817. The number of hydrogen-bond acceptors (Lipinski definition) is 1. The minimum absolute atomic E-state index is 0.0900. The van der Waals surface area contributed by atoms with Gasteiger partial charge in [-0.05, 0) is 43.9 Å².